The Labute approximate surface area is 197 Å². The summed E-state index contributed by atoms with van der Waals surface area (Å²) in [5.74, 6) is -0.985. The quantitative estimate of drug-likeness (QED) is 0.589. The molecule has 3 unspecified atom stereocenters. The van der Waals surface area contributed by atoms with Gasteiger partial charge < -0.3 is 14.9 Å². The maximum atomic E-state index is 13.9. The number of benzene rings is 2. The number of carbonyl (C=O) groups excluding carboxylic acids is 2. The number of nitrogens with one attached hydrogen (secondary N) is 1. The number of nitrogens with zero attached hydrogens (tertiary/aromatic N) is 3. The third kappa shape index (κ3) is 4.40. The molecule has 0 saturated carbocycles. The molecule has 3 atom stereocenters. The molecule has 8 heteroatoms. The summed E-state index contributed by atoms with van der Waals surface area (Å²) >= 11 is 0. The lowest BCUT2D eigenvalue weighted by Crippen LogP contribution is -2.47. The Kier molecular flexibility index (Phi) is 6.31. The molecule has 1 saturated heterocycles. The van der Waals surface area contributed by atoms with Gasteiger partial charge in [-0.25, -0.2) is 0 Å². The Bertz CT molecular complexity index is 1170. The highest BCUT2D eigenvalue weighted by atomic mass is 16.8. The molecule has 172 valence electrons. The molecule has 3 heterocycles. The average molecular weight is 457 g/mol. The van der Waals surface area contributed by atoms with E-state index in [1.807, 2.05) is 48.5 Å². The Morgan fingerprint density at radius 1 is 1.03 bits per heavy atom. The molecular formula is C26H24N4O4. The number of aromatic nitrogens is 1. The number of fused-ring (bicyclic) bond motifs is 1. The van der Waals surface area contributed by atoms with Gasteiger partial charge in [-0.3, -0.25) is 19.5 Å². The number of hydrogen-bond acceptors (Lipinski definition) is 6. The van der Waals surface area contributed by atoms with Crippen LogP contribution in [0.1, 0.15) is 23.6 Å². The van der Waals surface area contributed by atoms with Gasteiger partial charge in [-0.2, -0.15) is 0 Å². The van der Waals surface area contributed by atoms with Gasteiger partial charge in [0, 0.05) is 30.2 Å². The summed E-state index contributed by atoms with van der Waals surface area (Å²) in [5, 5.41) is 7.03. The van der Waals surface area contributed by atoms with Crippen LogP contribution in [-0.4, -0.2) is 35.4 Å². The molecule has 0 aliphatic carbocycles. The fourth-order valence-corrected chi connectivity index (χ4v) is 4.24. The van der Waals surface area contributed by atoms with Crippen LogP contribution in [0.5, 0.6) is 0 Å². The molecule has 0 bridgehead atoms. The zero-order valence-electron chi connectivity index (χ0n) is 18.4. The largest absolute Gasteiger partial charge is 0.362 e. The predicted octanol–water partition coefficient (Wildman–Crippen LogP) is 3.22. The van der Waals surface area contributed by atoms with Gasteiger partial charge in [-0.15, -0.1) is 0 Å². The van der Waals surface area contributed by atoms with E-state index < -0.39 is 18.2 Å². The highest BCUT2D eigenvalue weighted by Crippen LogP contribution is 2.34. The second kappa shape index (κ2) is 9.84. The summed E-state index contributed by atoms with van der Waals surface area (Å²) in [6.07, 6.45) is 3.31. The SMILES string of the molecule is O=C(NCc1ccccc1)C(c1cccnc1)N(C(=O)C1=NOC2OCCC12)c1ccccc1. The van der Waals surface area contributed by atoms with E-state index in [1.165, 1.54) is 4.90 Å². The highest BCUT2D eigenvalue weighted by molar-refractivity contribution is 6.45. The third-order valence-corrected chi connectivity index (χ3v) is 5.93. The van der Waals surface area contributed by atoms with Crippen molar-refractivity contribution in [2.45, 2.75) is 25.3 Å². The first-order valence-corrected chi connectivity index (χ1v) is 11.2. The number of hydrogen-bond donors (Lipinski definition) is 1. The molecule has 1 fully saturated rings. The molecule has 8 nitrogen and oxygen atoms in total. The van der Waals surface area contributed by atoms with Gasteiger partial charge in [0.2, 0.25) is 12.2 Å². The first kappa shape index (κ1) is 21.8. The summed E-state index contributed by atoms with van der Waals surface area (Å²) < 4.78 is 5.53. The highest BCUT2D eigenvalue weighted by Gasteiger charge is 2.46. The van der Waals surface area contributed by atoms with Crippen molar-refractivity contribution in [1.29, 1.82) is 0 Å². The zero-order valence-corrected chi connectivity index (χ0v) is 18.4. The molecule has 3 aromatic rings. The van der Waals surface area contributed by atoms with E-state index >= 15 is 0 Å². The zero-order chi connectivity index (χ0) is 23.3. The summed E-state index contributed by atoms with van der Waals surface area (Å²) in [5.41, 5.74) is 2.37. The lowest BCUT2D eigenvalue weighted by Gasteiger charge is -2.31. The van der Waals surface area contributed by atoms with E-state index in [9.17, 15) is 9.59 Å². The summed E-state index contributed by atoms with van der Waals surface area (Å²) in [6, 6.07) is 21.3. The normalized spacial score (nSPS) is 19.5. The van der Waals surface area contributed by atoms with Gasteiger partial charge in [0.05, 0.1) is 12.5 Å². The number of ether oxygens (including phenoxy) is 1. The van der Waals surface area contributed by atoms with Crippen molar-refractivity contribution < 1.29 is 19.2 Å². The number of para-hydroxylation sites is 1. The summed E-state index contributed by atoms with van der Waals surface area (Å²) in [4.78, 5) is 38.6. The molecule has 34 heavy (non-hydrogen) atoms. The number of rotatable bonds is 7. The Morgan fingerprint density at radius 3 is 2.53 bits per heavy atom. The van der Waals surface area contributed by atoms with Crippen LogP contribution in [0.2, 0.25) is 0 Å². The minimum atomic E-state index is -0.962. The van der Waals surface area contributed by atoms with Crippen LogP contribution < -0.4 is 10.2 Å². The van der Waals surface area contributed by atoms with Crippen molar-refractivity contribution in [3.05, 3.63) is 96.3 Å². The minimum absolute atomic E-state index is 0.260. The molecule has 2 aromatic carbocycles. The van der Waals surface area contributed by atoms with Crippen LogP contribution in [0.15, 0.2) is 90.3 Å². The van der Waals surface area contributed by atoms with Gasteiger partial charge in [-0.05, 0) is 30.2 Å². The maximum Gasteiger partial charge on any atom is 0.277 e. The van der Waals surface area contributed by atoms with Gasteiger partial charge in [0.15, 0.2) is 5.71 Å². The van der Waals surface area contributed by atoms with E-state index in [-0.39, 0.29) is 17.5 Å². The van der Waals surface area contributed by atoms with E-state index in [0.717, 1.165) is 5.56 Å². The Balaban J connectivity index is 1.52. The van der Waals surface area contributed by atoms with Gasteiger partial charge in [0.1, 0.15) is 6.04 Å². The summed E-state index contributed by atoms with van der Waals surface area (Å²) in [6.45, 7) is 0.826. The van der Waals surface area contributed by atoms with Gasteiger partial charge in [0.25, 0.3) is 5.91 Å². The van der Waals surface area contributed by atoms with Crippen LogP contribution >= 0.6 is 0 Å². The smallest absolute Gasteiger partial charge is 0.277 e. The standard InChI is InChI=1S/C26H24N4O4/c31-24(28-16-18-8-3-1-4-9-18)23(19-10-7-14-27-17-19)30(20-11-5-2-6-12-20)25(32)22-21-13-15-33-26(21)34-29-22/h1-12,14,17,21,23,26H,13,15-16H2,(H,28,31). The van der Waals surface area contributed by atoms with E-state index in [1.54, 1.807) is 36.7 Å². The van der Waals surface area contributed by atoms with Crippen LogP contribution in [0.25, 0.3) is 0 Å². The van der Waals surface area contributed by atoms with Crippen LogP contribution in [0.4, 0.5) is 5.69 Å². The number of carbonyl (C=O) groups is 2. The van der Waals surface area contributed by atoms with Crippen molar-refractivity contribution >= 4 is 23.2 Å². The molecule has 0 radical (unpaired) electrons. The fraction of sp³-hybridized carbons (Fsp3) is 0.231. The summed E-state index contributed by atoms with van der Waals surface area (Å²) in [7, 11) is 0. The molecule has 1 aromatic heterocycles. The van der Waals surface area contributed by atoms with Crippen LogP contribution in [0, 0.1) is 5.92 Å². The minimum Gasteiger partial charge on any atom is -0.362 e. The predicted molar refractivity (Wildman–Crippen MR) is 126 cm³/mol. The van der Waals surface area contributed by atoms with Crippen LogP contribution in [-0.2, 0) is 25.7 Å². The van der Waals surface area contributed by atoms with E-state index in [0.29, 0.717) is 30.8 Å². The molecular weight excluding hydrogens is 432 g/mol. The number of pyridine rings is 1. The Hall–Kier alpha value is -4.04. The molecule has 2 aliphatic rings. The van der Waals surface area contributed by atoms with Crippen LogP contribution in [0.3, 0.4) is 0 Å². The second-order valence-electron chi connectivity index (χ2n) is 8.12. The molecule has 1 N–H and O–H groups in total. The molecule has 2 aliphatic heterocycles. The molecule has 0 spiro atoms. The first-order chi connectivity index (χ1) is 16.7. The number of amides is 2. The van der Waals surface area contributed by atoms with Gasteiger partial charge >= 0.3 is 0 Å². The van der Waals surface area contributed by atoms with Crippen molar-refractivity contribution in [1.82, 2.24) is 10.3 Å². The van der Waals surface area contributed by atoms with E-state index in [2.05, 4.69) is 15.5 Å². The lowest BCUT2D eigenvalue weighted by molar-refractivity contribution is -0.125. The average Bonchev–Trinajstić information content (AvgIpc) is 3.51. The first-order valence-electron chi connectivity index (χ1n) is 11.2. The monoisotopic (exact) mass is 456 g/mol. The lowest BCUT2D eigenvalue weighted by atomic mass is 9.98. The van der Waals surface area contributed by atoms with Crippen molar-refractivity contribution in [3.8, 4) is 0 Å². The van der Waals surface area contributed by atoms with Crippen molar-refractivity contribution in [3.63, 3.8) is 0 Å². The third-order valence-electron chi connectivity index (χ3n) is 5.93. The van der Waals surface area contributed by atoms with E-state index in [4.69, 9.17) is 9.57 Å². The van der Waals surface area contributed by atoms with Gasteiger partial charge in [-0.1, -0.05) is 59.8 Å². The van der Waals surface area contributed by atoms with Crippen molar-refractivity contribution in [2.75, 3.05) is 11.5 Å². The van der Waals surface area contributed by atoms with Crippen molar-refractivity contribution in [2.24, 2.45) is 11.1 Å². The fourth-order valence-electron chi connectivity index (χ4n) is 4.24. The molecule has 5 rings (SSSR count). The topological polar surface area (TPSA) is 93.1 Å². The maximum absolute atomic E-state index is 13.9. The molecule has 2 amide bonds. The Morgan fingerprint density at radius 2 is 1.79 bits per heavy atom. The number of oxime groups is 1. The second-order valence-corrected chi connectivity index (χ2v) is 8.12. The number of anilines is 1.